The van der Waals surface area contributed by atoms with Gasteiger partial charge in [-0.15, -0.1) is 0 Å². The zero-order valence-corrected chi connectivity index (χ0v) is 11.0. The predicted octanol–water partition coefficient (Wildman–Crippen LogP) is 1.58. The second-order valence-corrected chi connectivity index (χ2v) is 5.89. The van der Waals surface area contributed by atoms with Gasteiger partial charge in [0.05, 0.1) is 6.61 Å². The zero-order valence-electron chi connectivity index (χ0n) is 11.0. The van der Waals surface area contributed by atoms with E-state index in [0.717, 1.165) is 30.7 Å². The Balaban J connectivity index is 1.81. The Bertz CT molecular complexity index is 271. The Morgan fingerprint density at radius 2 is 2.24 bits per heavy atom. The first-order valence-electron chi connectivity index (χ1n) is 6.70. The summed E-state index contributed by atoms with van der Waals surface area (Å²) in [5, 5.41) is 12.7. The van der Waals surface area contributed by atoms with E-state index in [2.05, 4.69) is 24.4 Å². The highest BCUT2D eigenvalue weighted by Gasteiger charge is 2.36. The summed E-state index contributed by atoms with van der Waals surface area (Å²) in [4.78, 5) is 0. The number of ether oxygens (including phenoxy) is 1. The maximum Gasteiger partial charge on any atom is 0.0642 e. The van der Waals surface area contributed by atoms with Crippen LogP contribution in [0.5, 0.6) is 0 Å². The third-order valence-electron chi connectivity index (χ3n) is 4.33. The lowest BCUT2D eigenvalue weighted by atomic mass is 9.91. The second-order valence-electron chi connectivity index (χ2n) is 5.89. The van der Waals surface area contributed by atoms with Crippen molar-refractivity contribution in [3.05, 3.63) is 12.2 Å². The molecule has 3 nitrogen and oxygen atoms in total. The van der Waals surface area contributed by atoms with Gasteiger partial charge in [-0.25, -0.2) is 0 Å². The molecule has 0 radical (unpaired) electrons. The largest absolute Gasteiger partial charge is 0.396 e. The monoisotopic (exact) mass is 239 g/mol. The van der Waals surface area contributed by atoms with Gasteiger partial charge in [0.25, 0.3) is 0 Å². The van der Waals surface area contributed by atoms with Gasteiger partial charge >= 0.3 is 0 Å². The molecule has 2 rings (SSSR count). The number of hydrogen-bond donors (Lipinski definition) is 2. The second kappa shape index (κ2) is 5.51. The number of aliphatic hydroxyl groups excluding tert-OH is 1. The number of allylic oxidation sites excluding steroid dienone is 2. The molecule has 0 aromatic carbocycles. The maximum absolute atomic E-state index is 9.12. The van der Waals surface area contributed by atoms with Crippen LogP contribution in [0.15, 0.2) is 12.2 Å². The van der Waals surface area contributed by atoms with Gasteiger partial charge in [0.1, 0.15) is 0 Å². The van der Waals surface area contributed by atoms with Crippen molar-refractivity contribution in [3.8, 4) is 0 Å². The predicted molar refractivity (Wildman–Crippen MR) is 68.8 cm³/mol. The molecule has 98 valence electrons. The third kappa shape index (κ3) is 3.09. The molecule has 0 amide bonds. The number of aliphatic hydroxyl groups is 1. The quantitative estimate of drug-likeness (QED) is 0.663. The van der Waals surface area contributed by atoms with E-state index in [-0.39, 0.29) is 12.1 Å². The van der Waals surface area contributed by atoms with Crippen molar-refractivity contribution in [2.45, 2.75) is 31.7 Å². The molecule has 4 atom stereocenters. The number of hydrogen-bond acceptors (Lipinski definition) is 3. The van der Waals surface area contributed by atoms with Crippen LogP contribution < -0.4 is 5.32 Å². The molecule has 0 aromatic heterocycles. The molecule has 3 heteroatoms. The highest BCUT2D eigenvalue weighted by molar-refractivity contribution is 5.10. The van der Waals surface area contributed by atoms with Gasteiger partial charge in [-0.1, -0.05) is 12.2 Å². The van der Waals surface area contributed by atoms with Gasteiger partial charge in [0.15, 0.2) is 0 Å². The zero-order chi connectivity index (χ0) is 12.3. The van der Waals surface area contributed by atoms with Crippen molar-refractivity contribution in [2.75, 3.05) is 26.9 Å². The van der Waals surface area contributed by atoms with Gasteiger partial charge in [-0.05, 0) is 50.5 Å². The lowest BCUT2D eigenvalue weighted by molar-refractivity contribution is 0.0940. The minimum Gasteiger partial charge on any atom is -0.396 e. The van der Waals surface area contributed by atoms with E-state index >= 15 is 0 Å². The molecule has 0 aromatic rings. The van der Waals surface area contributed by atoms with Crippen LogP contribution in [0.4, 0.5) is 0 Å². The van der Waals surface area contributed by atoms with E-state index in [1.54, 1.807) is 7.11 Å². The lowest BCUT2D eigenvalue weighted by Crippen LogP contribution is -2.49. The van der Waals surface area contributed by atoms with Crippen LogP contribution in [-0.4, -0.2) is 37.5 Å². The summed E-state index contributed by atoms with van der Waals surface area (Å²) in [6.07, 6.45) is 8.20. The highest BCUT2D eigenvalue weighted by atomic mass is 16.5. The molecule has 2 bridgehead atoms. The number of methoxy groups -OCH3 is 1. The summed E-state index contributed by atoms with van der Waals surface area (Å²) >= 11 is 0. The van der Waals surface area contributed by atoms with Crippen LogP contribution >= 0.6 is 0 Å². The molecule has 1 fully saturated rings. The minimum absolute atomic E-state index is 0.0882. The first kappa shape index (κ1) is 13.1. The smallest absolute Gasteiger partial charge is 0.0642 e. The fourth-order valence-electron chi connectivity index (χ4n) is 3.28. The van der Waals surface area contributed by atoms with Gasteiger partial charge in [-0.2, -0.15) is 0 Å². The van der Waals surface area contributed by atoms with Crippen LogP contribution in [0, 0.1) is 17.8 Å². The van der Waals surface area contributed by atoms with Crippen LogP contribution in [0.1, 0.15) is 26.2 Å². The average Bonchev–Trinajstić information content (AvgIpc) is 2.89. The molecular weight excluding hydrogens is 214 g/mol. The maximum atomic E-state index is 9.12. The summed E-state index contributed by atoms with van der Waals surface area (Å²) in [6, 6.07) is 0. The van der Waals surface area contributed by atoms with Crippen molar-refractivity contribution >= 4 is 0 Å². The van der Waals surface area contributed by atoms with E-state index in [0.29, 0.717) is 6.61 Å². The first-order chi connectivity index (χ1) is 8.17. The highest BCUT2D eigenvalue weighted by Crippen LogP contribution is 2.43. The van der Waals surface area contributed by atoms with E-state index in [1.807, 2.05) is 0 Å². The molecule has 4 unspecified atom stereocenters. The van der Waals surface area contributed by atoms with Crippen molar-refractivity contribution in [1.29, 1.82) is 0 Å². The number of fused-ring (bicyclic) bond motifs is 2. The van der Waals surface area contributed by atoms with Crippen molar-refractivity contribution in [1.82, 2.24) is 5.32 Å². The van der Waals surface area contributed by atoms with Gasteiger partial charge in [0, 0.05) is 19.3 Å². The SMILES string of the molecule is COCC(C)(CCO)NCC1CC2C=CC1C2. The summed E-state index contributed by atoms with van der Waals surface area (Å²) in [5.41, 5.74) is -0.0882. The minimum atomic E-state index is -0.0882. The lowest BCUT2D eigenvalue weighted by Gasteiger charge is -2.32. The van der Waals surface area contributed by atoms with Crippen LogP contribution in [0.3, 0.4) is 0 Å². The summed E-state index contributed by atoms with van der Waals surface area (Å²) in [6.45, 7) is 4.05. The molecule has 0 spiro atoms. The van der Waals surface area contributed by atoms with Crippen LogP contribution in [0.2, 0.25) is 0 Å². The van der Waals surface area contributed by atoms with E-state index in [4.69, 9.17) is 9.84 Å². The van der Waals surface area contributed by atoms with Crippen molar-refractivity contribution in [3.63, 3.8) is 0 Å². The molecule has 1 saturated carbocycles. The fraction of sp³-hybridized carbons (Fsp3) is 0.857. The number of nitrogens with one attached hydrogen (secondary N) is 1. The van der Waals surface area contributed by atoms with Crippen molar-refractivity contribution in [2.24, 2.45) is 17.8 Å². The summed E-state index contributed by atoms with van der Waals surface area (Å²) in [7, 11) is 1.72. The Morgan fingerprint density at radius 3 is 2.76 bits per heavy atom. The van der Waals surface area contributed by atoms with Gasteiger partial charge in [-0.3, -0.25) is 0 Å². The Kier molecular flexibility index (Phi) is 4.23. The molecule has 0 heterocycles. The van der Waals surface area contributed by atoms with E-state index in [1.165, 1.54) is 12.8 Å². The van der Waals surface area contributed by atoms with E-state index in [9.17, 15) is 0 Å². The number of rotatable bonds is 7. The van der Waals surface area contributed by atoms with Gasteiger partial charge in [0.2, 0.25) is 0 Å². The third-order valence-corrected chi connectivity index (χ3v) is 4.33. The Morgan fingerprint density at radius 1 is 1.41 bits per heavy atom. The van der Waals surface area contributed by atoms with E-state index < -0.39 is 0 Å². The molecular formula is C14H25NO2. The van der Waals surface area contributed by atoms with Gasteiger partial charge < -0.3 is 15.2 Å². The summed E-state index contributed by atoms with van der Waals surface area (Å²) < 4.78 is 5.25. The normalized spacial score (nSPS) is 34.2. The Labute approximate surface area is 104 Å². The average molecular weight is 239 g/mol. The van der Waals surface area contributed by atoms with Crippen LogP contribution in [0.25, 0.3) is 0 Å². The molecule has 0 aliphatic heterocycles. The molecule has 0 saturated heterocycles. The summed E-state index contributed by atoms with van der Waals surface area (Å²) in [5.74, 6) is 2.40. The van der Waals surface area contributed by atoms with Crippen molar-refractivity contribution < 1.29 is 9.84 Å². The topological polar surface area (TPSA) is 41.5 Å². The standard InChI is InChI=1S/C14H25NO2/c1-14(5-6-16,10-17-2)15-9-13-8-11-3-4-12(13)7-11/h3-4,11-13,15-16H,5-10H2,1-2H3. The molecule has 17 heavy (non-hydrogen) atoms. The Hall–Kier alpha value is -0.380. The first-order valence-corrected chi connectivity index (χ1v) is 6.70. The van der Waals surface area contributed by atoms with Crippen LogP contribution in [-0.2, 0) is 4.74 Å². The molecule has 2 N–H and O–H groups in total. The molecule has 2 aliphatic rings. The molecule has 2 aliphatic carbocycles. The fourth-order valence-corrected chi connectivity index (χ4v) is 3.28.